The maximum absolute atomic E-state index is 6.17. The quantitative estimate of drug-likeness (QED) is 0.781. The predicted octanol–water partition coefficient (Wildman–Crippen LogP) is 4.43. The fourth-order valence-corrected chi connectivity index (χ4v) is 2.44. The summed E-state index contributed by atoms with van der Waals surface area (Å²) >= 11 is 6.17. The Morgan fingerprint density at radius 2 is 1.86 bits per heavy atom. The molecule has 0 aliphatic carbocycles. The number of rotatable bonds is 8. The van der Waals surface area contributed by atoms with Crippen molar-refractivity contribution in [2.45, 2.75) is 26.4 Å². The van der Waals surface area contributed by atoms with Crippen LogP contribution < -0.4 is 14.8 Å². The molecule has 0 spiro atoms. The van der Waals surface area contributed by atoms with Gasteiger partial charge >= 0.3 is 0 Å². The van der Waals surface area contributed by atoms with Gasteiger partial charge in [-0.15, -0.1) is 0 Å². The second-order valence-corrected chi connectivity index (χ2v) is 5.47. The molecular weight excluding hydrogens is 298 g/mol. The van der Waals surface area contributed by atoms with E-state index >= 15 is 0 Å². The molecule has 0 radical (unpaired) electrons. The standard InChI is InChI=1S/C18H22ClNO2/c1-3-9-22-18-15(10-16(19)11-17(18)21-2)13-20-12-14-7-5-4-6-8-14/h4-8,10-11,20H,3,9,12-13H2,1-2H3. The fourth-order valence-electron chi connectivity index (χ4n) is 2.21. The summed E-state index contributed by atoms with van der Waals surface area (Å²) in [7, 11) is 1.63. The first-order valence-corrected chi connectivity index (χ1v) is 7.86. The summed E-state index contributed by atoms with van der Waals surface area (Å²) in [5, 5.41) is 4.07. The van der Waals surface area contributed by atoms with E-state index in [1.807, 2.05) is 24.3 Å². The minimum absolute atomic E-state index is 0.650. The van der Waals surface area contributed by atoms with E-state index in [1.165, 1.54) is 5.56 Å². The Morgan fingerprint density at radius 1 is 1.09 bits per heavy atom. The highest BCUT2D eigenvalue weighted by molar-refractivity contribution is 6.30. The van der Waals surface area contributed by atoms with E-state index in [9.17, 15) is 0 Å². The number of halogens is 1. The molecule has 2 rings (SSSR count). The average molecular weight is 320 g/mol. The van der Waals surface area contributed by atoms with Crippen molar-refractivity contribution in [1.82, 2.24) is 5.32 Å². The Morgan fingerprint density at radius 3 is 2.55 bits per heavy atom. The molecule has 1 N–H and O–H groups in total. The van der Waals surface area contributed by atoms with E-state index in [-0.39, 0.29) is 0 Å². The maximum atomic E-state index is 6.17. The zero-order valence-electron chi connectivity index (χ0n) is 13.1. The SMILES string of the molecule is CCCOc1c(CNCc2ccccc2)cc(Cl)cc1OC. The molecule has 0 aromatic heterocycles. The highest BCUT2D eigenvalue weighted by Gasteiger charge is 2.12. The van der Waals surface area contributed by atoms with Gasteiger partial charge in [0.05, 0.1) is 13.7 Å². The van der Waals surface area contributed by atoms with Crippen LogP contribution >= 0.6 is 11.6 Å². The molecule has 0 amide bonds. The van der Waals surface area contributed by atoms with E-state index in [0.717, 1.165) is 24.3 Å². The van der Waals surface area contributed by atoms with E-state index < -0.39 is 0 Å². The Hall–Kier alpha value is -1.71. The highest BCUT2D eigenvalue weighted by atomic mass is 35.5. The Kier molecular flexibility index (Phi) is 6.56. The summed E-state index contributed by atoms with van der Waals surface area (Å²) < 4.78 is 11.2. The van der Waals surface area contributed by atoms with Crippen LogP contribution in [0.25, 0.3) is 0 Å². The zero-order valence-corrected chi connectivity index (χ0v) is 13.8. The van der Waals surface area contributed by atoms with Crippen molar-refractivity contribution in [2.24, 2.45) is 0 Å². The molecule has 0 fully saturated rings. The van der Waals surface area contributed by atoms with E-state index in [2.05, 4.69) is 24.4 Å². The third-order valence-corrected chi connectivity index (χ3v) is 3.47. The van der Waals surface area contributed by atoms with Crippen molar-refractivity contribution in [1.29, 1.82) is 0 Å². The topological polar surface area (TPSA) is 30.5 Å². The van der Waals surface area contributed by atoms with Crippen molar-refractivity contribution in [3.63, 3.8) is 0 Å². The molecule has 2 aromatic carbocycles. The lowest BCUT2D eigenvalue weighted by atomic mass is 10.1. The first-order chi connectivity index (χ1) is 10.7. The molecule has 0 unspecified atom stereocenters. The van der Waals surface area contributed by atoms with Crippen LogP contribution in [0.4, 0.5) is 0 Å². The minimum Gasteiger partial charge on any atom is -0.493 e. The van der Waals surface area contributed by atoms with Crippen LogP contribution in [0, 0.1) is 0 Å². The average Bonchev–Trinajstić information content (AvgIpc) is 2.54. The fraction of sp³-hybridized carbons (Fsp3) is 0.333. The molecule has 4 heteroatoms. The minimum atomic E-state index is 0.650. The molecule has 118 valence electrons. The van der Waals surface area contributed by atoms with E-state index in [4.69, 9.17) is 21.1 Å². The molecule has 0 bridgehead atoms. The normalized spacial score (nSPS) is 10.5. The van der Waals surface area contributed by atoms with Gasteiger partial charge in [0.15, 0.2) is 11.5 Å². The lowest BCUT2D eigenvalue weighted by molar-refractivity contribution is 0.290. The molecule has 0 saturated carbocycles. The van der Waals surface area contributed by atoms with Gasteiger partial charge in [0, 0.05) is 29.7 Å². The molecule has 3 nitrogen and oxygen atoms in total. The van der Waals surface area contributed by atoms with Crippen LogP contribution in [0.1, 0.15) is 24.5 Å². The number of hydrogen-bond acceptors (Lipinski definition) is 3. The van der Waals surface area contributed by atoms with Gasteiger partial charge in [-0.2, -0.15) is 0 Å². The number of ether oxygens (including phenoxy) is 2. The van der Waals surface area contributed by atoms with Crippen LogP contribution in [0.3, 0.4) is 0 Å². The van der Waals surface area contributed by atoms with Crippen LogP contribution in [0.2, 0.25) is 5.02 Å². The number of methoxy groups -OCH3 is 1. The lowest BCUT2D eigenvalue weighted by Crippen LogP contribution is -2.14. The highest BCUT2D eigenvalue weighted by Crippen LogP contribution is 2.34. The van der Waals surface area contributed by atoms with Gasteiger partial charge < -0.3 is 14.8 Å². The molecule has 0 aliphatic rings. The summed E-state index contributed by atoms with van der Waals surface area (Å²) in [6.45, 7) is 4.20. The second-order valence-electron chi connectivity index (χ2n) is 5.03. The molecule has 2 aromatic rings. The Balaban J connectivity index is 2.09. The molecular formula is C18H22ClNO2. The van der Waals surface area contributed by atoms with Gasteiger partial charge in [0.25, 0.3) is 0 Å². The van der Waals surface area contributed by atoms with E-state index in [1.54, 1.807) is 13.2 Å². The number of nitrogens with one attached hydrogen (secondary N) is 1. The Labute approximate surface area is 137 Å². The zero-order chi connectivity index (χ0) is 15.8. The summed E-state index contributed by atoms with van der Waals surface area (Å²) in [6.07, 6.45) is 0.947. The first-order valence-electron chi connectivity index (χ1n) is 7.48. The van der Waals surface area contributed by atoms with Gasteiger partial charge in [0.2, 0.25) is 0 Å². The van der Waals surface area contributed by atoms with Gasteiger partial charge in [0.1, 0.15) is 0 Å². The van der Waals surface area contributed by atoms with Crippen molar-refractivity contribution in [2.75, 3.05) is 13.7 Å². The summed E-state index contributed by atoms with van der Waals surface area (Å²) in [6, 6.07) is 14.0. The van der Waals surface area contributed by atoms with Crippen LogP contribution in [-0.2, 0) is 13.1 Å². The smallest absolute Gasteiger partial charge is 0.165 e. The largest absolute Gasteiger partial charge is 0.493 e. The van der Waals surface area contributed by atoms with Gasteiger partial charge in [-0.3, -0.25) is 0 Å². The van der Waals surface area contributed by atoms with Crippen molar-refractivity contribution in [3.8, 4) is 11.5 Å². The van der Waals surface area contributed by atoms with Gasteiger partial charge in [-0.05, 0) is 18.1 Å². The van der Waals surface area contributed by atoms with Crippen molar-refractivity contribution >= 4 is 11.6 Å². The van der Waals surface area contributed by atoms with E-state index in [0.29, 0.717) is 23.9 Å². The lowest BCUT2D eigenvalue weighted by Gasteiger charge is -2.16. The first kappa shape index (κ1) is 16.7. The van der Waals surface area contributed by atoms with Crippen molar-refractivity contribution < 1.29 is 9.47 Å². The van der Waals surface area contributed by atoms with Gasteiger partial charge in [-0.1, -0.05) is 48.9 Å². The molecule has 0 atom stereocenters. The maximum Gasteiger partial charge on any atom is 0.165 e. The van der Waals surface area contributed by atoms with Crippen molar-refractivity contribution in [3.05, 3.63) is 58.6 Å². The summed E-state index contributed by atoms with van der Waals surface area (Å²) in [5.41, 5.74) is 2.25. The molecule has 0 aliphatic heterocycles. The Bertz CT molecular complexity index is 587. The molecule has 22 heavy (non-hydrogen) atoms. The predicted molar refractivity (Wildman–Crippen MR) is 90.8 cm³/mol. The number of hydrogen-bond donors (Lipinski definition) is 1. The molecule has 0 heterocycles. The van der Waals surface area contributed by atoms with Crippen LogP contribution in [0.5, 0.6) is 11.5 Å². The monoisotopic (exact) mass is 319 g/mol. The second kappa shape index (κ2) is 8.66. The van der Waals surface area contributed by atoms with Crippen LogP contribution in [-0.4, -0.2) is 13.7 Å². The molecule has 0 saturated heterocycles. The van der Waals surface area contributed by atoms with Crippen LogP contribution in [0.15, 0.2) is 42.5 Å². The summed E-state index contributed by atoms with van der Waals surface area (Å²) in [4.78, 5) is 0. The number of benzene rings is 2. The summed E-state index contributed by atoms with van der Waals surface area (Å²) in [5.74, 6) is 1.45. The van der Waals surface area contributed by atoms with Gasteiger partial charge in [-0.25, -0.2) is 0 Å². The third-order valence-electron chi connectivity index (χ3n) is 3.25. The third kappa shape index (κ3) is 4.65.